The predicted octanol–water partition coefficient (Wildman–Crippen LogP) is 7.47. The second kappa shape index (κ2) is 11.3. The molecule has 0 aliphatic rings. The molecule has 6 aromatic rings. The molecule has 0 fully saturated rings. The predicted molar refractivity (Wildman–Crippen MR) is 180 cm³/mol. The van der Waals surface area contributed by atoms with E-state index >= 15 is 0 Å². The van der Waals surface area contributed by atoms with Crippen LogP contribution in [-0.4, -0.2) is 16.7 Å². The van der Waals surface area contributed by atoms with Gasteiger partial charge < -0.3 is 0 Å². The standard InChI is InChI=1S/C38H36BN3/c1-25-20-27(3)37(28(4)21-25)39(38-29(5)22-26(2)23-30(38)6)32-14-16-33(17-15-32)42(36-24-40-18-19-41-36)35-13-9-11-31-10-7-8-12-34(31)35/h7-24H,1-6H3. The number of hydrogen-bond donors (Lipinski definition) is 0. The highest BCUT2D eigenvalue weighted by Crippen LogP contribution is 2.37. The Morgan fingerprint density at radius 1 is 0.595 bits per heavy atom. The van der Waals surface area contributed by atoms with Crippen LogP contribution in [-0.2, 0) is 0 Å². The summed E-state index contributed by atoms with van der Waals surface area (Å²) in [7, 11) is 0. The van der Waals surface area contributed by atoms with Crippen LogP contribution >= 0.6 is 0 Å². The van der Waals surface area contributed by atoms with E-state index in [9.17, 15) is 0 Å². The summed E-state index contributed by atoms with van der Waals surface area (Å²) in [5.41, 5.74) is 14.1. The lowest BCUT2D eigenvalue weighted by Crippen LogP contribution is -2.55. The van der Waals surface area contributed by atoms with Gasteiger partial charge in [-0.1, -0.05) is 123 Å². The molecule has 0 amide bonds. The summed E-state index contributed by atoms with van der Waals surface area (Å²) in [6.45, 7) is 13.5. The molecule has 0 unspecified atom stereocenters. The van der Waals surface area contributed by atoms with E-state index in [-0.39, 0.29) is 6.71 Å². The smallest absolute Gasteiger partial charge is 0.242 e. The third-order valence-electron chi connectivity index (χ3n) is 8.32. The van der Waals surface area contributed by atoms with Gasteiger partial charge in [-0.2, -0.15) is 0 Å². The van der Waals surface area contributed by atoms with Crippen molar-refractivity contribution in [3.63, 3.8) is 0 Å². The zero-order valence-corrected chi connectivity index (χ0v) is 25.3. The molecule has 0 aliphatic carbocycles. The lowest BCUT2D eigenvalue weighted by Gasteiger charge is -2.27. The molecule has 0 spiro atoms. The van der Waals surface area contributed by atoms with Crippen LogP contribution in [0, 0.1) is 41.5 Å². The van der Waals surface area contributed by atoms with Gasteiger partial charge in [0.25, 0.3) is 0 Å². The van der Waals surface area contributed by atoms with Gasteiger partial charge in [0.1, 0.15) is 0 Å². The fourth-order valence-corrected chi connectivity index (χ4v) is 6.79. The summed E-state index contributed by atoms with van der Waals surface area (Å²) in [5, 5.41) is 2.36. The van der Waals surface area contributed by atoms with E-state index in [1.54, 1.807) is 12.4 Å². The minimum Gasteiger partial charge on any atom is -0.293 e. The average Bonchev–Trinajstić information content (AvgIpc) is 2.97. The number of nitrogens with zero attached hydrogens (tertiary/aromatic N) is 3. The van der Waals surface area contributed by atoms with Gasteiger partial charge in [0.2, 0.25) is 6.71 Å². The summed E-state index contributed by atoms with van der Waals surface area (Å²) in [6.07, 6.45) is 5.30. The molecule has 0 N–H and O–H groups in total. The van der Waals surface area contributed by atoms with Crippen LogP contribution in [0.15, 0.2) is 110 Å². The minimum absolute atomic E-state index is 0.128. The maximum Gasteiger partial charge on any atom is 0.242 e. The van der Waals surface area contributed by atoms with Crippen LogP contribution in [0.2, 0.25) is 0 Å². The van der Waals surface area contributed by atoms with Crippen LogP contribution in [0.5, 0.6) is 0 Å². The van der Waals surface area contributed by atoms with Gasteiger partial charge in [-0.15, -0.1) is 0 Å². The van der Waals surface area contributed by atoms with Crippen LogP contribution in [0.3, 0.4) is 0 Å². The molecule has 6 rings (SSSR count). The Kier molecular flexibility index (Phi) is 7.39. The Bertz CT molecular complexity index is 1790. The first-order chi connectivity index (χ1) is 20.3. The maximum atomic E-state index is 4.72. The van der Waals surface area contributed by atoms with Crippen molar-refractivity contribution in [2.45, 2.75) is 41.5 Å². The number of anilines is 3. The molecule has 0 aliphatic heterocycles. The number of rotatable bonds is 6. The average molecular weight is 546 g/mol. The SMILES string of the molecule is Cc1cc(C)c(B(c2ccc(N(c3cnccn3)c3cccc4ccccc34)cc2)c2c(C)cc(C)cc2C)c(C)c1. The van der Waals surface area contributed by atoms with Crippen molar-refractivity contribution in [1.82, 2.24) is 9.97 Å². The quantitative estimate of drug-likeness (QED) is 0.203. The van der Waals surface area contributed by atoms with E-state index in [0.717, 1.165) is 17.2 Å². The van der Waals surface area contributed by atoms with Crippen LogP contribution < -0.4 is 21.3 Å². The molecule has 0 saturated heterocycles. The number of hydrogen-bond acceptors (Lipinski definition) is 3. The van der Waals surface area contributed by atoms with Gasteiger partial charge in [0.15, 0.2) is 5.82 Å². The van der Waals surface area contributed by atoms with Crippen molar-refractivity contribution in [2.75, 3.05) is 4.90 Å². The number of fused-ring (bicyclic) bond motifs is 1. The van der Waals surface area contributed by atoms with E-state index in [1.165, 1.54) is 60.5 Å². The fourth-order valence-electron chi connectivity index (χ4n) is 6.79. The fraction of sp³-hybridized carbons (Fsp3) is 0.158. The number of aromatic nitrogens is 2. The normalized spacial score (nSPS) is 11.1. The Labute approximate surface area is 250 Å². The summed E-state index contributed by atoms with van der Waals surface area (Å²) in [4.78, 5) is 11.3. The van der Waals surface area contributed by atoms with Gasteiger partial charge in [-0.3, -0.25) is 9.88 Å². The Morgan fingerprint density at radius 2 is 1.17 bits per heavy atom. The molecule has 0 bridgehead atoms. The Balaban J connectivity index is 1.54. The highest BCUT2D eigenvalue weighted by atomic mass is 15.2. The van der Waals surface area contributed by atoms with Gasteiger partial charge >= 0.3 is 0 Å². The third kappa shape index (κ3) is 5.09. The van der Waals surface area contributed by atoms with Gasteiger partial charge in [0, 0.05) is 23.5 Å². The summed E-state index contributed by atoms with van der Waals surface area (Å²) in [5.74, 6) is 0.786. The molecule has 4 heteroatoms. The summed E-state index contributed by atoms with van der Waals surface area (Å²) in [6, 6.07) is 33.2. The van der Waals surface area contributed by atoms with E-state index in [0.29, 0.717) is 0 Å². The Morgan fingerprint density at radius 3 is 1.74 bits per heavy atom. The molecule has 5 aromatic carbocycles. The second-order valence-electron chi connectivity index (χ2n) is 11.5. The molecule has 3 nitrogen and oxygen atoms in total. The highest BCUT2D eigenvalue weighted by Gasteiger charge is 2.28. The molecular formula is C38H36BN3. The summed E-state index contributed by atoms with van der Waals surface area (Å²) >= 11 is 0. The molecule has 0 radical (unpaired) electrons. The molecule has 1 aromatic heterocycles. The monoisotopic (exact) mass is 545 g/mol. The van der Waals surface area contributed by atoms with Gasteiger partial charge in [0.05, 0.1) is 11.9 Å². The first-order valence-electron chi connectivity index (χ1n) is 14.6. The largest absolute Gasteiger partial charge is 0.293 e. The van der Waals surface area contributed by atoms with E-state index in [2.05, 4.69) is 142 Å². The molecule has 0 saturated carbocycles. The number of aryl methyl sites for hydroxylation is 6. The van der Waals surface area contributed by atoms with Crippen molar-refractivity contribution in [1.29, 1.82) is 0 Å². The van der Waals surface area contributed by atoms with Crippen molar-refractivity contribution in [3.05, 3.63) is 143 Å². The van der Waals surface area contributed by atoms with Crippen LogP contribution in [0.25, 0.3) is 10.8 Å². The highest BCUT2D eigenvalue weighted by molar-refractivity contribution is 6.96. The summed E-state index contributed by atoms with van der Waals surface area (Å²) < 4.78 is 0. The second-order valence-corrected chi connectivity index (χ2v) is 11.5. The molecular weight excluding hydrogens is 509 g/mol. The first-order valence-corrected chi connectivity index (χ1v) is 14.6. The van der Waals surface area contributed by atoms with Crippen LogP contribution in [0.1, 0.15) is 33.4 Å². The van der Waals surface area contributed by atoms with Crippen molar-refractivity contribution >= 4 is 51.1 Å². The molecule has 0 atom stereocenters. The van der Waals surface area contributed by atoms with Crippen molar-refractivity contribution < 1.29 is 0 Å². The van der Waals surface area contributed by atoms with E-state index in [1.807, 2.05) is 6.20 Å². The molecule has 206 valence electrons. The number of benzene rings is 5. The van der Waals surface area contributed by atoms with Gasteiger partial charge in [-0.25, -0.2) is 4.98 Å². The Hall–Kier alpha value is -4.70. The van der Waals surface area contributed by atoms with E-state index in [4.69, 9.17) is 4.98 Å². The maximum absolute atomic E-state index is 4.72. The first kappa shape index (κ1) is 27.5. The third-order valence-corrected chi connectivity index (χ3v) is 8.32. The van der Waals surface area contributed by atoms with Crippen LogP contribution in [0.4, 0.5) is 17.2 Å². The minimum atomic E-state index is 0.128. The van der Waals surface area contributed by atoms with Gasteiger partial charge in [-0.05, 0) is 65.1 Å². The lowest BCUT2D eigenvalue weighted by molar-refractivity contribution is 1.13. The van der Waals surface area contributed by atoms with E-state index < -0.39 is 0 Å². The zero-order chi connectivity index (χ0) is 29.4. The zero-order valence-electron chi connectivity index (χ0n) is 25.3. The molecule has 1 heterocycles. The van der Waals surface area contributed by atoms with Crippen molar-refractivity contribution in [2.24, 2.45) is 0 Å². The lowest BCUT2D eigenvalue weighted by atomic mass is 9.34. The van der Waals surface area contributed by atoms with Crippen molar-refractivity contribution in [3.8, 4) is 0 Å². The molecule has 42 heavy (non-hydrogen) atoms. The topological polar surface area (TPSA) is 29.0 Å².